The highest BCUT2D eigenvalue weighted by atomic mass is 32.2. The van der Waals surface area contributed by atoms with E-state index >= 15 is 0 Å². The van der Waals surface area contributed by atoms with Gasteiger partial charge in [-0.3, -0.25) is 14.4 Å². The van der Waals surface area contributed by atoms with E-state index in [2.05, 4.69) is 27.1 Å². The van der Waals surface area contributed by atoms with Crippen molar-refractivity contribution in [3.63, 3.8) is 0 Å². The molecule has 0 spiro atoms. The smallest absolute Gasteiger partial charge is 0.262 e. The van der Waals surface area contributed by atoms with Gasteiger partial charge in [-0.25, -0.2) is 8.42 Å². The Balaban J connectivity index is 1.51. The van der Waals surface area contributed by atoms with Crippen LogP contribution in [-0.2, 0) is 21.4 Å². The number of rotatable bonds is 8. The van der Waals surface area contributed by atoms with Crippen molar-refractivity contribution in [2.24, 2.45) is 0 Å². The van der Waals surface area contributed by atoms with Crippen molar-refractivity contribution in [1.82, 2.24) is 4.90 Å². The summed E-state index contributed by atoms with van der Waals surface area (Å²) < 4.78 is 34.2. The summed E-state index contributed by atoms with van der Waals surface area (Å²) in [5.74, 6) is 0.297. The van der Waals surface area contributed by atoms with Crippen LogP contribution in [-0.4, -0.2) is 38.9 Å². The fourth-order valence-electron chi connectivity index (χ4n) is 4.25. The Morgan fingerprint density at radius 2 is 1.79 bits per heavy atom. The normalized spacial score (nSPS) is 16.2. The molecule has 1 saturated heterocycles. The lowest BCUT2D eigenvalue weighted by atomic mass is 10.1. The Hall–Kier alpha value is -3.36. The number of likely N-dealkylation sites (tertiary alicyclic amines) is 1. The third kappa shape index (κ3) is 5.40. The van der Waals surface area contributed by atoms with Crippen molar-refractivity contribution in [2.45, 2.75) is 37.2 Å². The zero-order valence-corrected chi connectivity index (χ0v) is 20.1. The summed E-state index contributed by atoms with van der Waals surface area (Å²) in [6, 6.07) is 21.6. The topological polar surface area (TPSA) is 87.7 Å². The number of nitrogens with one attached hydrogen (secondary N) is 2. The molecule has 1 atom stereocenters. The molecule has 7 nitrogen and oxygen atoms in total. The minimum Gasteiger partial charge on any atom is -0.495 e. The highest BCUT2D eigenvalue weighted by molar-refractivity contribution is 7.92. The van der Waals surface area contributed by atoms with Gasteiger partial charge in [-0.05, 0) is 61.7 Å². The van der Waals surface area contributed by atoms with Crippen LogP contribution in [0.2, 0.25) is 0 Å². The van der Waals surface area contributed by atoms with Crippen LogP contribution in [0.15, 0.2) is 77.7 Å². The number of aryl methyl sites for hydroxylation is 1. The average Bonchev–Trinajstić information content (AvgIpc) is 3.29. The number of carbonyl (C=O) groups excluding carboxylic acids is 1. The lowest BCUT2D eigenvalue weighted by molar-refractivity contribution is -0.120. The number of ether oxygens (including phenoxy) is 1. The van der Waals surface area contributed by atoms with Gasteiger partial charge in [-0.2, -0.15) is 0 Å². The first-order valence-electron chi connectivity index (χ1n) is 11.2. The Morgan fingerprint density at radius 3 is 2.56 bits per heavy atom. The fourth-order valence-corrected chi connectivity index (χ4v) is 5.59. The average molecular weight is 480 g/mol. The maximum absolute atomic E-state index is 13.2. The van der Waals surface area contributed by atoms with Crippen LogP contribution in [0.5, 0.6) is 5.75 Å². The van der Waals surface area contributed by atoms with E-state index in [9.17, 15) is 13.2 Å². The Morgan fingerprint density at radius 1 is 1.06 bits per heavy atom. The summed E-state index contributed by atoms with van der Waals surface area (Å²) in [6.45, 7) is 3.28. The minimum absolute atomic E-state index is 0.101. The van der Waals surface area contributed by atoms with Crippen LogP contribution in [0.1, 0.15) is 24.0 Å². The van der Waals surface area contributed by atoms with Crippen molar-refractivity contribution in [3.05, 3.63) is 83.9 Å². The minimum atomic E-state index is -3.90. The van der Waals surface area contributed by atoms with E-state index < -0.39 is 10.0 Å². The van der Waals surface area contributed by atoms with Crippen molar-refractivity contribution in [3.8, 4) is 5.75 Å². The molecule has 0 bridgehead atoms. The monoisotopic (exact) mass is 479 g/mol. The number of sulfonamides is 1. The number of hydrogen-bond donors (Lipinski definition) is 2. The second-order valence-corrected chi connectivity index (χ2v) is 10.0. The third-order valence-electron chi connectivity index (χ3n) is 5.99. The SMILES string of the molecule is COc1ccccc1NS(=O)(=O)c1cc(NC(=O)C2CCCN2Cc2ccccc2)ccc1C. The second kappa shape index (κ2) is 10.3. The number of hydrogen-bond acceptors (Lipinski definition) is 5. The Bertz CT molecular complexity index is 1260. The predicted octanol–water partition coefficient (Wildman–Crippen LogP) is 4.41. The molecule has 178 valence electrons. The number of benzene rings is 3. The molecular formula is C26H29N3O4S. The van der Waals surface area contributed by atoms with Gasteiger partial charge in [-0.1, -0.05) is 48.5 Å². The highest BCUT2D eigenvalue weighted by Gasteiger charge is 2.31. The third-order valence-corrected chi connectivity index (χ3v) is 7.50. The highest BCUT2D eigenvalue weighted by Crippen LogP contribution is 2.29. The summed E-state index contributed by atoms with van der Waals surface area (Å²) in [6.07, 6.45) is 1.71. The molecule has 1 fully saturated rings. The van der Waals surface area contributed by atoms with Gasteiger partial charge in [0.05, 0.1) is 23.7 Å². The van der Waals surface area contributed by atoms with E-state index in [0.29, 0.717) is 29.2 Å². The van der Waals surface area contributed by atoms with Crippen LogP contribution in [0.25, 0.3) is 0 Å². The summed E-state index contributed by atoms with van der Waals surface area (Å²) in [4.78, 5) is 15.4. The van der Waals surface area contributed by atoms with Crippen molar-refractivity contribution in [2.75, 3.05) is 23.7 Å². The van der Waals surface area contributed by atoms with Crippen molar-refractivity contribution in [1.29, 1.82) is 0 Å². The number of nitrogens with zero attached hydrogens (tertiary/aromatic N) is 1. The van der Waals surface area contributed by atoms with Crippen LogP contribution in [0, 0.1) is 6.92 Å². The molecule has 0 aliphatic carbocycles. The summed E-state index contributed by atoms with van der Waals surface area (Å²) in [7, 11) is -2.41. The largest absolute Gasteiger partial charge is 0.495 e. The quantitative estimate of drug-likeness (QED) is 0.500. The van der Waals surface area contributed by atoms with Gasteiger partial charge in [0, 0.05) is 12.2 Å². The molecule has 1 amide bonds. The molecule has 1 aliphatic rings. The van der Waals surface area contributed by atoms with E-state index in [0.717, 1.165) is 24.9 Å². The summed E-state index contributed by atoms with van der Waals surface area (Å²) in [5, 5.41) is 2.93. The van der Waals surface area contributed by atoms with Crippen LogP contribution < -0.4 is 14.8 Å². The number of anilines is 2. The lowest BCUT2D eigenvalue weighted by Crippen LogP contribution is -2.39. The first-order valence-corrected chi connectivity index (χ1v) is 12.7. The number of methoxy groups -OCH3 is 1. The molecule has 1 aliphatic heterocycles. The van der Waals surface area contributed by atoms with Gasteiger partial charge in [0.25, 0.3) is 10.0 Å². The van der Waals surface area contributed by atoms with Gasteiger partial charge in [0.2, 0.25) is 5.91 Å². The molecule has 1 unspecified atom stereocenters. The summed E-state index contributed by atoms with van der Waals surface area (Å²) in [5.41, 5.74) is 2.53. The van der Waals surface area contributed by atoms with Gasteiger partial charge in [0.15, 0.2) is 0 Å². The second-order valence-electron chi connectivity index (χ2n) is 8.39. The Labute approximate surface area is 200 Å². The number of para-hydroxylation sites is 2. The molecule has 8 heteroatoms. The van der Waals surface area contributed by atoms with E-state index in [1.165, 1.54) is 13.2 Å². The van der Waals surface area contributed by atoms with Gasteiger partial charge in [0.1, 0.15) is 5.75 Å². The molecule has 34 heavy (non-hydrogen) atoms. The van der Waals surface area contributed by atoms with E-state index in [1.54, 1.807) is 43.3 Å². The van der Waals surface area contributed by atoms with Gasteiger partial charge < -0.3 is 10.1 Å². The number of carbonyl (C=O) groups is 1. The van der Waals surface area contributed by atoms with Gasteiger partial charge in [-0.15, -0.1) is 0 Å². The van der Waals surface area contributed by atoms with Crippen LogP contribution >= 0.6 is 0 Å². The first-order chi connectivity index (χ1) is 16.4. The van der Waals surface area contributed by atoms with E-state index in [-0.39, 0.29) is 16.8 Å². The maximum atomic E-state index is 13.2. The zero-order valence-electron chi connectivity index (χ0n) is 19.3. The van der Waals surface area contributed by atoms with Crippen LogP contribution in [0.3, 0.4) is 0 Å². The first kappa shape index (κ1) is 23.8. The lowest BCUT2D eigenvalue weighted by Gasteiger charge is -2.24. The Kier molecular flexibility index (Phi) is 7.19. The zero-order chi connectivity index (χ0) is 24.1. The fraction of sp³-hybridized carbons (Fsp3) is 0.269. The molecule has 3 aromatic carbocycles. The molecular weight excluding hydrogens is 450 g/mol. The molecule has 0 radical (unpaired) electrons. The van der Waals surface area contributed by atoms with Crippen molar-refractivity contribution >= 4 is 27.3 Å². The van der Waals surface area contributed by atoms with Crippen molar-refractivity contribution < 1.29 is 17.9 Å². The van der Waals surface area contributed by atoms with E-state index in [1.807, 2.05) is 18.2 Å². The standard InChI is InChI=1S/C26H29N3O4S/c1-19-14-15-21(17-25(19)34(31,32)28-22-11-6-7-13-24(22)33-2)27-26(30)23-12-8-16-29(23)18-20-9-4-3-5-10-20/h3-7,9-11,13-15,17,23,28H,8,12,16,18H2,1-2H3,(H,27,30). The van der Waals surface area contributed by atoms with Crippen LogP contribution in [0.4, 0.5) is 11.4 Å². The number of amides is 1. The molecule has 4 rings (SSSR count). The maximum Gasteiger partial charge on any atom is 0.262 e. The molecule has 0 aromatic heterocycles. The predicted molar refractivity (Wildman–Crippen MR) is 133 cm³/mol. The molecule has 0 saturated carbocycles. The molecule has 3 aromatic rings. The summed E-state index contributed by atoms with van der Waals surface area (Å²) >= 11 is 0. The van der Waals surface area contributed by atoms with Gasteiger partial charge >= 0.3 is 0 Å². The molecule has 1 heterocycles. The molecule has 2 N–H and O–H groups in total. The van der Waals surface area contributed by atoms with E-state index in [4.69, 9.17) is 4.74 Å².